The summed E-state index contributed by atoms with van der Waals surface area (Å²) in [6.07, 6.45) is 5.59. The van der Waals surface area contributed by atoms with Crippen molar-refractivity contribution in [3.05, 3.63) is 35.5 Å². The number of hydrogen-bond acceptors (Lipinski definition) is 2. The molecule has 1 aromatic carbocycles. The molecule has 3 N–H and O–H groups in total. The van der Waals surface area contributed by atoms with E-state index in [0.29, 0.717) is 19.1 Å². The van der Waals surface area contributed by atoms with Crippen LogP contribution in [0.15, 0.2) is 24.3 Å². The molecule has 1 aromatic heterocycles. The minimum absolute atomic E-state index is 0.0735. The fourth-order valence-corrected chi connectivity index (χ4v) is 4.45. The lowest BCUT2D eigenvalue weighted by Gasteiger charge is -2.25. The number of aliphatic hydroxyl groups is 1. The lowest BCUT2D eigenvalue weighted by molar-refractivity contribution is -0.693. The zero-order valence-corrected chi connectivity index (χ0v) is 14.9. The zero-order chi connectivity index (χ0) is 17.4. The molecule has 1 aliphatic carbocycles. The average Bonchev–Trinajstić information content (AvgIpc) is 3.24. The van der Waals surface area contributed by atoms with Crippen LogP contribution in [0.2, 0.25) is 0 Å². The van der Waals surface area contributed by atoms with Gasteiger partial charge in [-0.3, -0.25) is 4.79 Å². The van der Waals surface area contributed by atoms with Crippen LogP contribution >= 0.6 is 0 Å². The molecular weight excluding hydrogens is 314 g/mol. The number of aromatic nitrogens is 1. The summed E-state index contributed by atoms with van der Waals surface area (Å²) >= 11 is 0. The summed E-state index contributed by atoms with van der Waals surface area (Å²) in [5.41, 5.74) is 2.98. The molecule has 0 spiro atoms. The lowest BCUT2D eigenvalue weighted by atomic mass is 10.0. The van der Waals surface area contributed by atoms with Crippen molar-refractivity contribution in [2.45, 2.75) is 50.8 Å². The van der Waals surface area contributed by atoms with Gasteiger partial charge in [0, 0.05) is 24.5 Å². The Kier molecular flexibility index (Phi) is 4.52. The maximum atomic E-state index is 12.8. The first-order valence-corrected chi connectivity index (χ1v) is 9.52. The zero-order valence-electron chi connectivity index (χ0n) is 14.9. The van der Waals surface area contributed by atoms with E-state index >= 15 is 0 Å². The standard InChI is InChI=1S/C20H27N3O2/c1-22-11-10-17-16-8-4-5-9-18(16)23(19(17)20(22)25)13-15(24)12-21-14-6-2-3-7-14/h4-5,8-9,14-15,21,24H,2-3,6-7,10-13H2,1H3/p+1. The van der Waals surface area contributed by atoms with Gasteiger partial charge in [-0.1, -0.05) is 18.2 Å². The van der Waals surface area contributed by atoms with Crippen LogP contribution in [0.4, 0.5) is 0 Å². The molecule has 0 saturated heterocycles. The number of hydrogen-bond donors (Lipinski definition) is 2. The van der Waals surface area contributed by atoms with E-state index < -0.39 is 6.10 Å². The van der Waals surface area contributed by atoms with Gasteiger partial charge >= 0.3 is 0 Å². The predicted molar refractivity (Wildman–Crippen MR) is 97.7 cm³/mol. The fourth-order valence-electron chi connectivity index (χ4n) is 4.45. The van der Waals surface area contributed by atoms with Crippen LogP contribution in [-0.4, -0.2) is 52.8 Å². The summed E-state index contributed by atoms with van der Waals surface area (Å²) in [5, 5.41) is 14.1. The maximum absolute atomic E-state index is 12.8. The first-order valence-electron chi connectivity index (χ1n) is 9.52. The average molecular weight is 342 g/mol. The van der Waals surface area contributed by atoms with Crippen LogP contribution in [0, 0.1) is 0 Å². The second-order valence-corrected chi connectivity index (χ2v) is 7.60. The van der Waals surface area contributed by atoms with Gasteiger partial charge < -0.3 is 19.9 Å². The van der Waals surface area contributed by atoms with E-state index in [4.69, 9.17) is 0 Å². The molecule has 2 aliphatic rings. The number of benzene rings is 1. The number of nitrogens with zero attached hydrogens (tertiary/aromatic N) is 2. The van der Waals surface area contributed by atoms with Crippen LogP contribution < -0.4 is 5.32 Å². The van der Waals surface area contributed by atoms with E-state index in [2.05, 4.69) is 22.0 Å². The number of likely N-dealkylation sites (N-methyl/N-ethyl adjacent to an activating group) is 1. The molecule has 1 atom stereocenters. The highest BCUT2D eigenvalue weighted by Crippen LogP contribution is 2.30. The Balaban J connectivity index is 1.61. The Hall–Kier alpha value is -1.85. The van der Waals surface area contributed by atoms with Crippen molar-refractivity contribution in [1.82, 2.24) is 9.47 Å². The van der Waals surface area contributed by atoms with E-state index in [0.717, 1.165) is 35.1 Å². The van der Waals surface area contributed by atoms with Crippen molar-refractivity contribution >= 4 is 16.8 Å². The van der Waals surface area contributed by atoms with E-state index in [1.807, 2.05) is 19.2 Å². The van der Waals surface area contributed by atoms with Gasteiger partial charge in [0.05, 0.1) is 12.6 Å². The summed E-state index contributed by atoms with van der Waals surface area (Å²) in [5.74, 6) is 0.0735. The highest BCUT2D eigenvalue weighted by molar-refractivity contribution is 6.02. The number of quaternary nitrogens is 1. The molecule has 134 valence electrons. The molecule has 1 fully saturated rings. The Morgan fingerprint density at radius 3 is 2.84 bits per heavy atom. The Bertz CT molecular complexity index is 777. The maximum Gasteiger partial charge on any atom is 0.270 e. The number of nitrogens with two attached hydrogens (primary N) is 1. The van der Waals surface area contributed by atoms with Gasteiger partial charge in [-0.15, -0.1) is 0 Å². The van der Waals surface area contributed by atoms with E-state index in [-0.39, 0.29) is 5.91 Å². The number of para-hydroxylation sites is 1. The highest BCUT2D eigenvalue weighted by atomic mass is 16.3. The Labute approximate surface area is 148 Å². The third-order valence-electron chi connectivity index (χ3n) is 5.86. The van der Waals surface area contributed by atoms with Crippen LogP contribution in [0.25, 0.3) is 10.9 Å². The Morgan fingerprint density at radius 1 is 1.28 bits per heavy atom. The third kappa shape index (κ3) is 3.07. The summed E-state index contributed by atoms with van der Waals surface area (Å²) in [6, 6.07) is 8.86. The van der Waals surface area contributed by atoms with Crippen LogP contribution in [0.5, 0.6) is 0 Å². The van der Waals surface area contributed by atoms with Gasteiger partial charge in [-0.25, -0.2) is 0 Å². The van der Waals surface area contributed by atoms with Gasteiger partial charge in [0.15, 0.2) is 0 Å². The number of fused-ring (bicyclic) bond motifs is 3. The first kappa shape index (κ1) is 16.6. The number of aliphatic hydroxyl groups excluding tert-OH is 1. The van der Waals surface area contributed by atoms with Crippen molar-refractivity contribution in [3.8, 4) is 0 Å². The number of carbonyl (C=O) groups is 1. The SMILES string of the molecule is CN1CCc2c(n(CC(O)C[NH2+]C3CCCC3)c3ccccc23)C1=O. The number of amides is 1. The van der Waals surface area contributed by atoms with E-state index in [9.17, 15) is 9.90 Å². The first-order chi connectivity index (χ1) is 12.1. The molecule has 1 unspecified atom stereocenters. The molecule has 0 radical (unpaired) electrons. The van der Waals surface area contributed by atoms with Gasteiger partial charge in [0.25, 0.3) is 5.91 Å². The summed E-state index contributed by atoms with van der Waals surface area (Å²) in [7, 11) is 1.86. The molecule has 5 nitrogen and oxygen atoms in total. The second kappa shape index (κ2) is 6.81. The molecule has 5 heteroatoms. The summed E-state index contributed by atoms with van der Waals surface area (Å²) < 4.78 is 2.05. The van der Waals surface area contributed by atoms with Crippen molar-refractivity contribution in [3.63, 3.8) is 0 Å². The van der Waals surface area contributed by atoms with Gasteiger partial charge in [-0.2, -0.15) is 0 Å². The molecular formula is C20H28N3O2+. The van der Waals surface area contributed by atoms with Gasteiger partial charge in [0.2, 0.25) is 0 Å². The minimum atomic E-state index is -0.444. The second-order valence-electron chi connectivity index (χ2n) is 7.60. The van der Waals surface area contributed by atoms with Crippen LogP contribution in [-0.2, 0) is 13.0 Å². The van der Waals surface area contributed by atoms with Crippen molar-refractivity contribution in [1.29, 1.82) is 0 Å². The molecule has 1 amide bonds. The van der Waals surface area contributed by atoms with Crippen LogP contribution in [0.3, 0.4) is 0 Å². The minimum Gasteiger partial charge on any atom is -0.385 e. The molecule has 0 bridgehead atoms. The highest BCUT2D eigenvalue weighted by Gasteiger charge is 2.30. The number of rotatable bonds is 5. The molecule has 1 aliphatic heterocycles. The summed E-state index contributed by atoms with van der Waals surface area (Å²) in [6.45, 7) is 1.95. The van der Waals surface area contributed by atoms with Crippen LogP contribution in [0.1, 0.15) is 41.7 Å². The monoisotopic (exact) mass is 342 g/mol. The molecule has 2 heterocycles. The molecule has 25 heavy (non-hydrogen) atoms. The third-order valence-corrected chi connectivity index (χ3v) is 5.86. The predicted octanol–water partition coefficient (Wildman–Crippen LogP) is 1.14. The van der Waals surface area contributed by atoms with Crippen molar-refractivity contribution in [2.75, 3.05) is 20.1 Å². The van der Waals surface area contributed by atoms with Crippen molar-refractivity contribution < 1.29 is 15.2 Å². The van der Waals surface area contributed by atoms with Gasteiger partial charge in [0.1, 0.15) is 18.3 Å². The lowest BCUT2D eigenvalue weighted by Crippen LogP contribution is -2.91. The Morgan fingerprint density at radius 2 is 2.04 bits per heavy atom. The van der Waals surface area contributed by atoms with Crippen molar-refractivity contribution in [2.24, 2.45) is 0 Å². The molecule has 4 rings (SSSR count). The fraction of sp³-hybridized carbons (Fsp3) is 0.550. The molecule has 2 aromatic rings. The molecule has 1 saturated carbocycles. The smallest absolute Gasteiger partial charge is 0.270 e. The summed E-state index contributed by atoms with van der Waals surface area (Å²) in [4.78, 5) is 14.6. The topological polar surface area (TPSA) is 62.1 Å². The van der Waals surface area contributed by atoms with Gasteiger partial charge in [-0.05, 0) is 43.7 Å². The number of carbonyl (C=O) groups excluding carboxylic acids is 1. The normalized spacial score (nSPS) is 19.6. The quantitative estimate of drug-likeness (QED) is 0.856. The largest absolute Gasteiger partial charge is 0.385 e. The van der Waals surface area contributed by atoms with E-state index in [1.54, 1.807) is 4.90 Å². The van der Waals surface area contributed by atoms with E-state index in [1.165, 1.54) is 25.7 Å².